The Morgan fingerprint density at radius 3 is 2.52 bits per heavy atom. The highest BCUT2D eigenvalue weighted by atomic mass is 127. The van der Waals surface area contributed by atoms with E-state index >= 15 is 0 Å². The first-order valence-electron chi connectivity index (χ1n) is 7.64. The van der Waals surface area contributed by atoms with Crippen LogP contribution in [0.2, 0.25) is 0 Å². The summed E-state index contributed by atoms with van der Waals surface area (Å²) in [5.74, 6) is 1.48. The maximum atomic E-state index is 11.5. The Morgan fingerprint density at radius 2 is 2.00 bits per heavy atom. The fraction of sp³-hybridized carbons (Fsp3) is 0.562. The SMILES string of the molecule is CN=C(NCC(C)c1ccc(C)cc1)NC1CCS(=O)(=O)C1.I. The predicted molar refractivity (Wildman–Crippen MR) is 107 cm³/mol. The summed E-state index contributed by atoms with van der Waals surface area (Å²) >= 11 is 0. The average Bonchev–Trinajstić information content (AvgIpc) is 2.82. The second-order valence-corrected chi connectivity index (χ2v) is 8.24. The highest BCUT2D eigenvalue weighted by Crippen LogP contribution is 2.15. The van der Waals surface area contributed by atoms with Crippen molar-refractivity contribution < 1.29 is 8.42 Å². The van der Waals surface area contributed by atoms with Crippen LogP contribution in [-0.2, 0) is 9.84 Å². The quantitative estimate of drug-likeness (QED) is 0.418. The van der Waals surface area contributed by atoms with Crippen LogP contribution in [0, 0.1) is 6.92 Å². The van der Waals surface area contributed by atoms with Gasteiger partial charge >= 0.3 is 0 Å². The van der Waals surface area contributed by atoms with Crippen molar-refractivity contribution in [3.8, 4) is 0 Å². The molecule has 1 saturated heterocycles. The van der Waals surface area contributed by atoms with E-state index in [1.807, 2.05) is 0 Å². The van der Waals surface area contributed by atoms with Gasteiger partial charge in [0.15, 0.2) is 15.8 Å². The number of guanidine groups is 1. The van der Waals surface area contributed by atoms with Crippen molar-refractivity contribution in [3.63, 3.8) is 0 Å². The second kappa shape index (κ2) is 8.86. The molecule has 1 heterocycles. The van der Waals surface area contributed by atoms with E-state index in [-0.39, 0.29) is 41.5 Å². The lowest BCUT2D eigenvalue weighted by atomic mass is 10.0. The number of rotatable bonds is 4. The molecule has 2 N–H and O–H groups in total. The number of aliphatic imine (C=N–C) groups is 1. The molecule has 1 aliphatic rings. The molecule has 1 aromatic carbocycles. The number of nitrogens with zero attached hydrogens (tertiary/aromatic N) is 1. The molecule has 2 rings (SSSR count). The lowest BCUT2D eigenvalue weighted by molar-refractivity contribution is 0.599. The summed E-state index contributed by atoms with van der Waals surface area (Å²) in [7, 11) is -1.17. The zero-order valence-electron chi connectivity index (χ0n) is 13.9. The zero-order chi connectivity index (χ0) is 16.2. The molecule has 2 unspecified atom stereocenters. The van der Waals surface area contributed by atoms with E-state index in [4.69, 9.17) is 0 Å². The van der Waals surface area contributed by atoms with Crippen molar-refractivity contribution in [2.24, 2.45) is 4.99 Å². The van der Waals surface area contributed by atoms with Gasteiger partial charge in [-0.15, -0.1) is 24.0 Å². The van der Waals surface area contributed by atoms with Gasteiger partial charge in [0.05, 0.1) is 11.5 Å². The Labute approximate surface area is 156 Å². The molecule has 23 heavy (non-hydrogen) atoms. The number of sulfone groups is 1. The first kappa shape index (κ1) is 20.2. The van der Waals surface area contributed by atoms with Crippen LogP contribution in [0.25, 0.3) is 0 Å². The molecule has 1 fully saturated rings. The van der Waals surface area contributed by atoms with Gasteiger partial charge in [-0.3, -0.25) is 4.99 Å². The zero-order valence-corrected chi connectivity index (χ0v) is 17.0. The van der Waals surface area contributed by atoms with Crippen molar-refractivity contribution in [3.05, 3.63) is 35.4 Å². The molecule has 5 nitrogen and oxygen atoms in total. The molecule has 0 bridgehead atoms. The number of aryl methyl sites for hydroxylation is 1. The van der Waals surface area contributed by atoms with Gasteiger partial charge in [-0.2, -0.15) is 0 Å². The van der Waals surface area contributed by atoms with Gasteiger partial charge < -0.3 is 10.6 Å². The van der Waals surface area contributed by atoms with Crippen molar-refractivity contribution in [2.75, 3.05) is 25.1 Å². The summed E-state index contributed by atoms with van der Waals surface area (Å²) in [6, 6.07) is 8.47. The van der Waals surface area contributed by atoms with Gasteiger partial charge in [0.2, 0.25) is 0 Å². The summed E-state index contributed by atoms with van der Waals surface area (Å²) in [5.41, 5.74) is 2.53. The number of nitrogens with one attached hydrogen (secondary N) is 2. The Balaban J connectivity index is 0.00000264. The summed E-state index contributed by atoms with van der Waals surface area (Å²) in [5, 5.41) is 6.48. The molecular formula is C16H26IN3O2S. The van der Waals surface area contributed by atoms with E-state index in [2.05, 4.69) is 53.7 Å². The van der Waals surface area contributed by atoms with Gasteiger partial charge in [-0.05, 0) is 24.8 Å². The Hall–Kier alpha value is -0.830. The number of hydrogen-bond acceptors (Lipinski definition) is 3. The minimum absolute atomic E-state index is 0. The lowest BCUT2D eigenvalue weighted by Gasteiger charge is -2.19. The maximum absolute atomic E-state index is 11.5. The van der Waals surface area contributed by atoms with E-state index in [0.29, 0.717) is 18.3 Å². The molecule has 0 spiro atoms. The maximum Gasteiger partial charge on any atom is 0.191 e. The normalized spacial score (nSPS) is 21.3. The van der Waals surface area contributed by atoms with Crippen molar-refractivity contribution >= 4 is 39.8 Å². The van der Waals surface area contributed by atoms with Gasteiger partial charge in [0.1, 0.15) is 0 Å². The molecule has 0 saturated carbocycles. The van der Waals surface area contributed by atoms with Crippen LogP contribution >= 0.6 is 24.0 Å². The Kier molecular flexibility index (Phi) is 7.79. The van der Waals surface area contributed by atoms with E-state index in [9.17, 15) is 8.42 Å². The molecule has 7 heteroatoms. The van der Waals surface area contributed by atoms with Crippen LogP contribution in [0.15, 0.2) is 29.3 Å². The van der Waals surface area contributed by atoms with Gasteiger partial charge in [-0.25, -0.2) is 8.42 Å². The first-order chi connectivity index (χ1) is 10.4. The molecule has 0 aromatic heterocycles. The van der Waals surface area contributed by atoms with Crippen LogP contribution in [0.3, 0.4) is 0 Å². The second-order valence-electron chi connectivity index (χ2n) is 6.01. The highest BCUT2D eigenvalue weighted by Gasteiger charge is 2.28. The van der Waals surface area contributed by atoms with E-state index in [1.165, 1.54) is 11.1 Å². The minimum atomic E-state index is -2.87. The molecular weight excluding hydrogens is 425 g/mol. The minimum Gasteiger partial charge on any atom is -0.356 e. The fourth-order valence-electron chi connectivity index (χ4n) is 2.56. The van der Waals surface area contributed by atoms with Gasteiger partial charge in [0.25, 0.3) is 0 Å². The van der Waals surface area contributed by atoms with Crippen LogP contribution in [0.1, 0.15) is 30.4 Å². The first-order valence-corrected chi connectivity index (χ1v) is 9.46. The average molecular weight is 451 g/mol. The molecule has 0 radical (unpaired) electrons. The standard InChI is InChI=1S/C16H25N3O2S.HI/c1-12-4-6-14(7-5-12)13(2)10-18-16(17-3)19-15-8-9-22(20,21)11-15;/h4-7,13,15H,8-11H2,1-3H3,(H2,17,18,19);1H. The third-order valence-electron chi connectivity index (χ3n) is 4.02. The predicted octanol–water partition coefficient (Wildman–Crippen LogP) is 2.07. The summed E-state index contributed by atoms with van der Waals surface area (Å²) in [6.45, 7) is 4.99. The van der Waals surface area contributed by atoms with Crippen molar-refractivity contribution in [1.82, 2.24) is 10.6 Å². The topological polar surface area (TPSA) is 70.6 Å². The molecule has 1 aliphatic heterocycles. The van der Waals surface area contributed by atoms with Crippen molar-refractivity contribution in [1.29, 1.82) is 0 Å². The smallest absolute Gasteiger partial charge is 0.191 e. The summed E-state index contributed by atoms with van der Waals surface area (Å²) < 4.78 is 23.0. The van der Waals surface area contributed by atoms with E-state index in [0.717, 1.165) is 6.54 Å². The van der Waals surface area contributed by atoms with Crippen LogP contribution in [0.4, 0.5) is 0 Å². The van der Waals surface area contributed by atoms with E-state index in [1.54, 1.807) is 7.05 Å². The summed E-state index contributed by atoms with van der Waals surface area (Å²) in [4.78, 5) is 4.18. The Morgan fingerprint density at radius 1 is 1.35 bits per heavy atom. The lowest BCUT2D eigenvalue weighted by Crippen LogP contribution is -2.44. The Bertz CT molecular complexity index is 629. The number of hydrogen-bond donors (Lipinski definition) is 2. The van der Waals surface area contributed by atoms with Gasteiger partial charge in [-0.1, -0.05) is 36.8 Å². The monoisotopic (exact) mass is 451 g/mol. The van der Waals surface area contributed by atoms with Crippen molar-refractivity contribution in [2.45, 2.75) is 32.2 Å². The van der Waals surface area contributed by atoms with Crippen LogP contribution in [0.5, 0.6) is 0 Å². The van der Waals surface area contributed by atoms with Gasteiger partial charge in [0, 0.05) is 19.6 Å². The molecule has 0 amide bonds. The molecule has 0 aliphatic carbocycles. The molecule has 1 aromatic rings. The number of halogens is 1. The fourth-order valence-corrected chi connectivity index (χ4v) is 4.23. The van der Waals surface area contributed by atoms with E-state index < -0.39 is 9.84 Å². The van der Waals surface area contributed by atoms with Crippen LogP contribution < -0.4 is 10.6 Å². The summed E-state index contributed by atoms with van der Waals surface area (Å²) in [6.07, 6.45) is 0.649. The third kappa shape index (κ3) is 6.29. The third-order valence-corrected chi connectivity index (χ3v) is 5.79. The highest BCUT2D eigenvalue weighted by molar-refractivity contribution is 14.0. The largest absolute Gasteiger partial charge is 0.356 e. The molecule has 2 atom stereocenters. The molecule has 130 valence electrons. The van der Waals surface area contributed by atoms with Crippen LogP contribution in [-0.4, -0.2) is 45.5 Å². The number of benzene rings is 1.